The van der Waals surface area contributed by atoms with Crippen LogP contribution >= 0.6 is 15.9 Å². The highest BCUT2D eigenvalue weighted by Gasteiger charge is 2.16. The van der Waals surface area contributed by atoms with E-state index in [9.17, 15) is 12.8 Å². The molecule has 1 aromatic heterocycles. The molecule has 0 saturated heterocycles. The molecule has 0 aliphatic heterocycles. The lowest BCUT2D eigenvalue weighted by Gasteiger charge is -2.09. The summed E-state index contributed by atoms with van der Waals surface area (Å²) in [4.78, 5) is 3.78. The number of benzene rings is 1. The number of nitrogens with one attached hydrogen (secondary N) is 1. The van der Waals surface area contributed by atoms with Crippen LogP contribution in [-0.2, 0) is 10.0 Å². The van der Waals surface area contributed by atoms with E-state index in [1.807, 2.05) is 0 Å². The minimum absolute atomic E-state index is 0.106. The van der Waals surface area contributed by atoms with Crippen LogP contribution < -0.4 is 10.5 Å². The van der Waals surface area contributed by atoms with Crippen LogP contribution in [0.3, 0.4) is 0 Å². The molecule has 0 fully saturated rings. The second kappa shape index (κ2) is 5.37. The molecule has 0 bridgehead atoms. The fourth-order valence-corrected chi connectivity index (χ4v) is 2.77. The molecule has 5 nitrogen and oxygen atoms in total. The van der Waals surface area contributed by atoms with Crippen molar-refractivity contribution in [2.75, 3.05) is 10.5 Å². The highest BCUT2D eigenvalue weighted by Crippen LogP contribution is 2.21. The van der Waals surface area contributed by atoms with E-state index in [1.54, 1.807) is 13.0 Å². The number of aromatic nitrogens is 1. The van der Waals surface area contributed by atoms with Gasteiger partial charge in [0.1, 0.15) is 10.4 Å². The molecule has 1 heterocycles. The van der Waals surface area contributed by atoms with Crippen molar-refractivity contribution >= 4 is 37.3 Å². The molecule has 0 radical (unpaired) electrons. The third-order valence-electron chi connectivity index (χ3n) is 2.55. The molecule has 3 N–H and O–H groups in total. The minimum atomic E-state index is -3.88. The molecule has 0 saturated carbocycles. The SMILES string of the molecule is Cc1cc(NS(=O)(=O)c2ccc(N)c(F)c2)cnc1Br. The van der Waals surface area contributed by atoms with Crippen LogP contribution in [0.4, 0.5) is 15.8 Å². The second-order valence-electron chi connectivity index (χ2n) is 4.12. The minimum Gasteiger partial charge on any atom is -0.396 e. The van der Waals surface area contributed by atoms with Gasteiger partial charge in [0.2, 0.25) is 0 Å². The first-order valence-electron chi connectivity index (χ1n) is 5.49. The number of nitrogens with two attached hydrogens (primary N) is 1. The van der Waals surface area contributed by atoms with Crippen LogP contribution in [0.15, 0.2) is 40.0 Å². The Labute approximate surface area is 124 Å². The Bertz CT molecular complexity index is 765. The van der Waals surface area contributed by atoms with Gasteiger partial charge in [-0.25, -0.2) is 17.8 Å². The molecular weight excluding hydrogens is 349 g/mol. The number of pyridine rings is 1. The first-order chi connectivity index (χ1) is 9.29. The summed E-state index contributed by atoms with van der Waals surface area (Å²) in [6.45, 7) is 1.78. The first-order valence-corrected chi connectivity index (χ1v) is 7.77. The molecule has 0 aliphatic rings. The van der Waals surface area contributed by atoms with Crippen molar-refractivity contribution in [3.63, 3.8) is 0 Å². The van der Waals surface area contributed by atoms with Crippen molar-refractivity contribution in [2.24, 2.45) is 0 Å². The van der Waals surface area contributed by atoms with Crippen molar-refractivity contribution in [1.82, 2.24) is 4.98 Å². The van der Waals surface area contributed by atoms with Gasteiger partial charge >= 0.3 is 0 Å². The summed E-state index contributed by atoms with van der Waals surface area (Å²) in [6.07, 6.45) is 1.36. The maximum atomic E-state index is 13.3. The summed E-state index contributed by atoms with van der Waals surface area (Å²) in [5, 5.41) is 0. The number of anilines is 2. The molecule has 0 atom stereocenters. The number of nitrogens with zero attached hydrogens (tertiary/aromatic N) is 1. The van der Waals surface area contributed by atoms with Crippen LogP contribution in [0, 0.1) is 12.7 Å². The van der Waals surface area contributed by atoms with Crippen molar-refractivity contribution in [2.45, 2.75) is 11.8 Å². The maximum absolute atomic E-state index is 13.3. The molecule has 0 amide bonds. The van der Waals surface area contributed by atoms with Crippen LogP contribution in [-0.4, -0.2) is 13.4 Å². The average molecular weight is 360 g/mol. The second-order valence-corrected chi connectivity index (χ2v) is 6.55. The summed E-state index contributed by atoms with van der Waals surface area (Å²) >= 11 is 3.22. The van der Waals surface area contributed by atoms with Crippen LogP contribution in [0.2, 0.25) is 0 Å². The predicted molar refractivity (Wildman–Crippen MR) is 78.3 cm³/mol. The van der Waals surface area contributed by atoms with Gasteiger partial charge in [0.25, 0.3) is 10.0 Å². The van der Waals surface area contributed by atoms with Crippen molar-refractivity contribution < 1.29 is 12.8 Å². The van der Waals surface area contributed by atoms with E-state index in [4.69, 9.17) is 5.73 Å². The summed E-state index contributed by atoms with van der Waals surface area (Å²) in [5.74, 6) is -0.780. The summed E-state index contributed by atoms with van der Waals surface area (Å²) in [5.41, 5.74) is 6.28. The third kappa shape index (κ3) is 3.07. The van der Waals surface area contributed by atoms with Gasteiger partial charge < -0.3 is 5.73 Å². The Balaban J connectivity index is 2.35. The van der Waals surface area contributed by atoms with E-state index in [-0.39, 0.29) is 10.6 Å². The normalized spacial score (nSPS) is 11.3. The van der Waals surface area contributed by atoms with Crippen molar-refractivity contribution in [1.29, 1.82) is 0 Å². The van der Waals surface area contributed by atoms with Gasteiger partial charge in [-0.05, 0) is 52.7 Å². The fourth-order valence-electron chi connectivity index (χ4n) is 1.50. The summed E-state index contributed by atoms with van der Waals surface area (Å²) in [7, 11) is -3.88. The fraction of sp³-hybridized carbons (Fsp3) is 0.0833. The predicted octanol–water partition coefficient (Wildman–Crippen LogP) is 2.67. The van der Waals surface area contributed by atoms with Crippen molar-refractivity contribution in [3.8, 4) is 0 Å². The van der Waals surface area contributed by atoms with Crippen LogP contribution in [0.25, 0.3) is 0 Å². The molecule has 0 spiro atoms. The number of sulfonamides is 1. The molecule has 0 aliphatic carbocycles. The summed E-state index contributed by atoms with van der Waals surface area (Å²) in [6, 6.07) is 4.92. The molecule has 2 rings (SSSR count). The van der Waals surface area contributed by atoms with E-state index >= 15 is 0 Å². The number of nitrogen functional groups attached to an aromatic ring is 1. The number of hydrogen-bond donors (Lipinski definition) is 2. The topological polar surface area (TPSA) is 85.1 Å². The zero-order valence-electron chi connectivity index (χ0n) is 10.4. The molecule has 2 aromatic rings. The number of rotatable bonds is 3. The van der Waals surface area contributed by atoms with Crippen LogP contribution in [0.5, 0.6) is 0 Å². The molecule has 106 valence electrons. The van der Waals surface area contributed by atoms with Crippen molar-refractivity contribution in [3.05, 3.63) is 46.4 Å². The summed E-state index contributed by atoms with van der Waals surface area (Å²) < 4.78 is 40.5. The van der Waals surface area contributed by atoms with E-state index in [1.165, 1.54) is 18.3 Å². The van der Waals surface area contributed by atoms with Gasteiger partial charge in [-0.3, -0.25) is 4.72 Å². The van der Waals surface area contributed by atoms with E-state index < -0.39 is 15.8 Å². The highest BCUT2D eigenvalue weighted by atomic mass is 79.9. The van der Waals surface area contributed by atoms with E-state index in [0.717, 1.165) is 11.6 Å². The molecule has 1 aromatic carbocycles. The van der Waals surface area contributed by atoms with Gasteiger partial charge in [0.15, 0.2) is 0 Å². The molecule has 8 heteroatoms. The quantitative estimate of drug-likeness (QED) is 0.651. The Morgan fingerprint density at radius 1 is 1.35 bits per heavy atom. The smallest absolute Gasteiger partial charge is 0.262 e. The van der Waals surface area contributed by atoms with Gasteiger partial charge in [0.05, 0.1) is 22.5 Å². The van der Waals surface area contributed by atoms with Gasteiger partial charge in [-0.2, -0.15) is 0 Å². The zero-order chi connectivity index (χ0) is 14.9. The Morgan fingerprint density at radius 2 is 2.05 bits per heavy atom. The molecule has 20 heavy (non-hydrogen) atoms. The number of aryl methyl sites for hydroxylation is 1. The maximum Gasteiger partial charge on any atom is 0.262 e. The largest absolute Gasteiger partial charge is 0.396 e. The number of hydrogen-bond acceptors (Lipinski definition) is 4. The van der Waals surface area contributed by atoms with Crippen LogP contribution in [0.1, 0.15) is 5.56 Å². The Hall–Kier alpha value is -1.67. The van der Waals surface area contributed by atoms with E-state index in [2.05, 4.69) is 25.6 Å². The van der Waals surface area contributed by atoms with Gasteiger partial charge in [-0.1, -0.05) is 0 Å². The molecule has 0 unspecified atom stereocenters. The van der Waals surface area contributed by atoms with E-state index in [0.29, 0.717) is 10.3 Å². The molecular formula is C12H11BrFN3O2S. The average Bonchev–Trinajstić information content (AvgIpc) is 2.37. The third-order valence-corrected chi connectivity index (χ3v) is 4.76. The lowest BCUT2D eigenvalue weighted by molar-refractivity contribution is 0.596. The standard InChI is InChI=1S/C12H11BrFN3O2S/c1-7-4-8(6-16-12(7)13)17-20(18,19)9-2-3-11(15)10(14)5-9/h2-6,17H,15H2,1H3. The lowest BCUT2D eigenvalue weighted by Crippen LogP contribution is -2.13. The first kappa shape index (κ1) is 14.7. The highest BCUT2D eigenvalue weighted by molar-refractivity contribution is 9.10. The zero-order valence-corrected chi connectivity index (χ0v) is 12.8. The monoisotopic (exact) mass is 359 g/mol. The van der Waals surface area contributed by atoms with Gasteiger partial charge in [0, 0.05) is 0 Å². The Morgan fingerprint density at radius 3 is 2.65 bits per heavy atom. The Kier molecular flexibility index (Phi) is 3.96. The number of halogens is 2. The van der Waals surface area contributed by atoms with Gasteiger partial charge in [-0.15, -0.1) is 0 Å². The lowest BCUT2D eigenvalue weighted by atomic mass is 10.3.